The lowest BCUT2D eigenvalue weighted by Gasteiger charge is -2.31. The minimum absolute atomic E-state index is 0.141. The Bertz CT molecular complexity index is 789. The van der Waals surface area contributed by atoms with Gasteiger partial charge in [0.1, 0.15) is 6.10 Å². The minimum Gasteiger partial charge on any atom is -0.458 e. The molecule has 2 aromatic rings. The van der Waals surface area contributed by atoms with Gasteiger partial charge in [0.2, 0.25) is 0 Å². The second-order valence-corrected chi connectivity index (χ2v) is 7.07. The fourth-order valence-electron chi connectivity index (χ4n) is 3.18. The molecule has 1 saturated heterocycles. The maximum Gasteiger partial charge on any atom is 0.321 e. The number of carbonyl (C=O) groups is 2. The molecule has 0 spiro atoms. The van der Waals surface area contributed by atoms with E-state index in [4.69, 9.17) is 16.3 Å². The van der Waals surface area contributed by atoms with Crippen LogP contribution in [0.5, 0.6) is 0 Å². The summed E-state index contributed by atoms with van der Waals surface area (Å²) in [5, 5.41) is 3.46. The van der Waals surface area contributed by atoms with E-state index in [1.54, 1.807) is 11.0 Å². The van der Waals surface area contributed by atoms with Gasteiger partial charge < -0.3 is 15.0 Å². The molecule has 0 saturated carbocycles. The quantitative estimate of drug-likeness (QED) is 0.761. The summed E-state index contributed by atoms with van der Waals surface area (Å²) in [5.41, 5.74) is 1.56. The van der Waals surface area contributed by atoms with E-state index in [2.05, 4.69) is 5.32 Å². The summed E-state index contributed by atoms with van der Waals surface area (Å²) in [6.45, 7) is 2.87. The number of carbonyl (C=O) groups excluding carboxylic acids is 2. The van der Waals surface area contributed by atoms with E-state index >= 15 is 0 Å². The number of halogens is 1. The van der Waals surface area contributed by atoms with Crippen molar-refractivity contribution in [2.75, 3.05) is 18.4 Å². The molecule has 1 atom stereocenters. The fraction of sp³-hybridized carbons (Fsp3) is 0.333. The highest BCUT2D eigenvalue weighted by atomic mass is 35.5. The lowest BCUT2D eigenvalue weighted by atomic mass is 9.97. The van der Waals surface area contributed by atoms with Gasteiger partial charge in [0.05, 0.1) is 5.92 Å². The highest BCUT2D eigenvalue weighted by Gasteiger charge is 2.29. The number of amides is 2. The van der Waals surface area contributed by atoms with Gasteiger partial charge in [-0.15, -0.1) is 0 Å². The first kappa shape index (κ1) is 19.2. The Labute approximate surface area is 164 Å². The summed E-state index contributed by atoms with van der Waals surface area (Å²) in [6.07, 6.45) is 0.789. The monoisotopic (exact) mass is 386 g/mol. The zero-order chi connectivity index (χ0) is 19.2. The lowest BCUT2D eigenvalue weighted by Crippen LogP contribution is -2.42. The first-order chi connectivity index (χ1) is 13.0. The molecule has 27 heavy (non-hydrogen) atoms. The number of hydrogen-bond donors (Lipinski definition) is 1. The molecule has 0 bridgehead atoms. The molecular formula is C21H23ClN2O3. The third-order valence-corrected chi connectivity index (χ3v) is 5.12. The molecule has 2 aromatic carbocycles. The minimum atomic E-state index is -0.398. The molecule has 6 heteroatoms. The molecule has 142 valence electrons. The first-order valence-corrected chi connectivity index (χ1v) is 9.48. The van der Waals surface area contributed by atoms with Gasteiger partial charge in [0, 0.05) is 29.4 Å². The van der Waals surface area contributed by atoms with Crippen LogP contribution in [0.4, 0.5) is 10.5 Å². The Morgan fingerprint density at radius 1 is 1.07 bits per heavy atom. The second kappa shape index (κ2) is 8.91. The predicted molar refractivity (Wildman–Crippen MR) is 106 cm³/mol. The smallest absolute Gasteiger partial charge is 0.321 e. The van der Waals surface area contributed by atoms with Gasteiger partial charge in [-0.25, -0.2) is 4.79 Å². The zero-order valence-corrected chi connectivity index (χ0v) is 16.0. The van der Waals surface area contributed by atoms with Crippen LogP contribution in [0.1, 0.15) is 31.4 Å². The summed E-state index contributed by atoms with van der Waals surface area (Å²) in [6, 6.07) is 16.5. The summed E-state index contributed by atoms with van der Waals surface area (Å²) in [7, 11) is 0. The molecule has 0 radical (unpaired) electrons. The number of likely N-dealkylation sites (tertiary alicyclic amines) is 1. The Morgan fingerprint density at radius 3 is 2.37 bits per heavy atom. The number of hydrogen-bond acceptors (Lipinski definition) is 3. The molecule has 1 heterocycles. The Balaban J connectivity index is 1.49. The molecule has 0 aromatic heterocycles. The predicted octanol–water partition coefficient (Wildman–Crippen LogP) is 4.89. The van der Waals surface area contributed by atoms with Gasteiger partial charge >= 0.3 is 12.0 Å². The van der Waals surface area contributed by atoms with Crippen molar-refractivity contribution in [3.05, 3.63) is 65.2 Å². The van der Waals surface area contributed by atoms with Crippen molar-refractivity contribution in [1.82, 2.24) is 4.90 Å². The highest BCUT2D eigenvalue weighted by molar-refractivity contribution is 6.31. The second-order valence-electron chi connectivity index (χ2n) is 6.66. The summed E-state index contributed by atoms with van der Waals surface area (Å²) in [5.74, 6) is -0.429. The molecule has 5 nitrogen and oxygen atoms in total. The number of nitrogens with one attached hydrogen (secondary N) is 1. The van der Waals surface area contributed by atoms with Crippen molar-refractivity contribution in [2.24, 2.45) is 5.92 Å². The third kappa shape index (κ3) is 5.01. The SMILES string of the molecule is C[C@@H](OC(=O)C1CCN(C(=O)Nc2ccccc2)CC1)c1ccccc1Cl. The molecule has 1 aliphatic rings. The number of piperidine rings is 1. The summed E-state index contributed by atoms with van der Waals surface area (Å²) >= 11 is 6.17. The molecule has 2 amide bonds. The third-order valence-electron chi connectivity index (χ3n) is 4.78. The van der Waals surface area contributed by atoms with Gasteiger partial charge in [0.25, 0.3) is 0 Å². The number of nitrogens with zero attached hydrogens (tertiary/aromatic N) is 1. The van der Waals surface area contributed by atoms with Gasteiger partial charge in [0.15, 0.2) is 0 Å². The highest BCUT2D eigenvalue weighted by Crippen LogP contribution is 2.28. The maximum atomic E-state index is 12.5. The Kier molecular flexibility index (Phi) is 6.35. The average Bonchev–Trinajstić information content (AvgIpc) is 2.69. The van der Waals surface area contributed by atoms with Gasteiger partial charge in [-0.05, 0) is 38.0 Å². The van der Waals surface area contributed by atoms with Gasteiger partial charge in [-0.2, -0.15) is 0 Å². The number of esters is 1. The maximum absolute atomic E-state index is 12.5. The number of benzene rings is 2. The fourth-order valence-corrected chi connectivity index (χ4v) is 3.47. The lowest BCUT2D eigenvalue weighted by molar-refractivity contribution is -0.155. The van der Waals surface area contributed by atoms with E-state index in [-0.39, 0.29) is 17.9 Å². The molecule has 3 rings (SSSR count). The van der Waals surface area contributed by atoms with Crippen LogP contribution in [0.15, 0.2) is 54.6 Å². The van der Waals surface area contributed by atoms with Crippen molar-refractivity contribution >= 4 is 29.3 Å². The van der Waals surface area contributed by atoms with Crippen LogP contribution in [0.25, 0.3) is 0 Å². The molecule has 1 fully saturated rings. The van der Waals surface area contributed by atoms with E-state index in [1.165, 1.54) is 0 Å². The molecule has 0 unspecified atom stereocenters. The van der Waals surface area contributed by atoms with E-state index in [0.717, 1.165) is 11.3 Å². The Hall–Kier alpha value is -2.53. The number of urea groups is 1. The topological polar surface area (TPSA) is 58.6 Å². The van der Waals surface area contributed by atoms with Crippen LogP contribution in [0, 0.1) is 5.92 Å². The van der Waals surface area contributed by atoms with E-state index in [1.807, 2.05) is 55.5 Å². The van der Waals surface area contributed by atoms with E-state index < -0.39 is 6.10 Å². The molecule has 0 aliphatic carbocycles. The molecule has 1 aliphatic heterocycles. The first-order valence-electron chi connectivity index (χ1n) is 9.10. The van der Waals surface area contributed by atoms with Gasteiger partial charge in [-0.3, -0.25) is 4.79 Å². The van der Waals surface area contributed by atoms with Gasteiger partial charge in [-0.1, -0.05) is 48.0 Å². The largest absolute Gasteiger partial charge is 0.458 e. The number of rotatable bonds is 4. The summed E-state index contributed by atoms with van der Waals surface area (Å²) in [4.78, 5) is 26.5. The van der Waals surface area contributed by atoms with Crippen LogP contribution in [0.3, 0.4) is 0 Å². The number of anilines is 1. The summed E-state index contributed by atoms with van der Waals surface area (Å²) < 4.78 is 5.61. The molecule has 1 N–H and O–H groups in total. The van der Waals surface area contributed by atoms with Crippen LogP contribution >= 0.6 is 11.6 Å². The number of para-hydroxylation sites is 1. The van der Waals surface area contributed by atoms with Crippen LogP contribution in [-0.4, -0.2) is 30.0 Å². The standard InChI is InChI=1S/C21H23ClN2O3/c1-15(18-9-5-6-10-19(18)22)27-20(25)16-11-13-24(14-12-16)21(26)23-17-7-3-2-4-8-17/h2-10,15-16H,11-14H2,1H3,(H,23,26)/t15-/m1/s1. The zero-order valence-electron chi connectivity index (χ0n) is 15.2. The van der Waals surface area contributed by atoms with Crippen molar-refractivity contribution in [2.45, 2.75) is 25.9 Å². The van der Waals surface area contributed by atoms with Crippen molar-refractivity contribution in [1.29, 1.82) is 0 Å². The molecular weight excluding hydrogens is 364 g/mol. The van der Waals surface area contributed by atoms with E-state index in [9.17, 15) is 9.59 Å². The van der Waals surface area contributed by atoms with Crippen molar-refractivity contribution in [3.63, 3.8) is 0 Å². The Morgan fingerprint density at radius 2 is 1.70 bits per heavy atom. The number of ether oxygens (including phenoxy) is 1. The van der Waals surface area contributed by atoms with Crippen LogP contribution in [-0.2, 0) is 9.53 Å². The van der Waals surface area contributed by atoms with E-state index in [0.29, 0.717) is 31.0 Å². The van der Waals surface area contributed by atoms with Crippen molar-refractivity contribution in [3.8, 4) is 0 Å². The normalized spacial score (nSPS) is 15.9. The average molecular weight is 387 g/mol. The van der Waals surface area contributed by atoms with Crippen LogP contribution in [0.2, 0.25) is 5.02 Å². The van der Waals surface area contributed by atoms with Crippen LogP contribution < -0.4 is 5.32 Å². The van der Waals surface area contributed by atoms with Crippen molar-refractivity contribution < 1.29 is 14.3 Å².